The van der Waals surface area contributed by atoms with Gasteiger partial charge in [-0.1, -0.05) is 91.0 Å². The summed E-state index contributed by atoms with van der Waals surface area (Å²) in [5, 5.41) is 4.92. The predicted molar refractivity (Wildman–Crippen MR) is 203 cm³/mol. The Bertz CT molecular complexity index is 1900. The number of halogens is 1. The van der Waals surface area contributed by atoms with Gasteiger partial charge >= 0.3 is 188 Å². The minimum absolute atomic E-state index is 0. The van der Waals surface area contributed by atoms with Gasteiger partial charge in [-0.3, -0.25) is 4.79 Å². The Morgan fingerprint density at radius 1 is 0.538 bits per heavy atom. The zero-order chi connectivity index (χ0) is 36.4. The van der Waals surface area contributed by atoms with Gasteiger partial charge in [-0.25, -0.2) is 0 Å². The maximum Gasteiger partial charge on any atom is 1.00 e. The van der Waals surface area contributed by atoms with Gasteiger partial charge in [0.15, 0.2) is 5.78 Å². The Labute approximate surface area is 323 Å². The van der Waals surface area contributed by atoms with E-state index in [1.807, 2.05) is 60.4 Å². The number of ketones is 2. The minimum Gasteiger partial charge on any atom is 1.00 e. The molecule has 6 aromatic carbocycles. The van der Waals surface area contributed by atoms with Crippen molar-refractivity contribution in [1.29, 1.82) is 0 Å². The molecule has 10 heteroatoms. The summed E-state index contributed by atoms with van der Waals surface area (Å²) in [6.07, 6.45) is 1.27. The third-order valence-corrected chi connectivity index (χ3v) is 19.1. The average molecular weight is 844 g/mol. The molecule has 0 N–H and O–H groups in total. The normalized spacial score (nSPS) is 12.1. The largest absolute Gasteiger partial charge is 1.00 e. The molecule has 0 spiro atoms. The first-order valence-electron chi connectivity index (χ1n) is 16.1. The van der Waals surface area contributed by atoms with Gasteiger partial charge in [0.2, 0.25) is 0 Å². The summed E-state index contributed by atoms with van der Waals surface area (Å²) in [6.45, 7) is -3.71. The van der Waals surface area contributed by atoms with Crippen molar-refractivity contribution in [2.24, 2.45) is 0 Å². The summed E-state index contributed by atoms with van der Waals surface area (Å²) in [5.74, 6) is 1.63. The molecule has 6 nitrogen and oxygen atoms in total. The van der Waals surface area contributed by atoms with Gasteiger partial charge in [-0.15, -0.1) is 0 Å². The number of carbonyl (C=O) groups excluding carboxylic acids is 2. The van der Waals surface area contributed by atoms with Crippen LogP contribution in [-0.2, 0) is 36.0 Å². The Morgan fingerprint density at radius 2 is 0.808 bits per heavy atom. The van der Waals surface area contributed by atoms with Crippen molar-refractivity contribution < 1.29 is 60.3 Å². The van der Waals surface area contributed by atoms with E-state index in [1.54, 1.807) is 97.9 Å². The van der Waals surface area contributed by atoms with Crippen LogP contribution in [0.3, 0.4) is 0 Å². The molecule has 0 aliphatic rings. The van der Waals surface area contributed by atoms with Gasteiger partial charge in [0.1, 0.15) is 0 Å². The molecule has 0 heterocycles. The van der Waals surface area contributed by atoms with Gasteiger partial charge in [-0.05, 0) is 35.5 Å². The quantitative estimate of drug-likeness (QED) is 0.112. The monoisotopic (exact) mass is 842 g/mol. The summed E-state index contributed by atoms with van der Waals surface area (Å²) in [6, 6.07) is 56.8. The molecule has 0 saturated heterocycles. The molecule has 0 saturated carbocycles. The van der Waals surface area contributed by atoms with Crippen molar-refractivity contribution in [1.82, 2.24) is 0 Å². The summed E-state index contributed by atoms with van der Waals surface area (Å²) in [5.41, 5.74) is 0. The topological polar surface area (TPSA) is 113 Å². The third-order valence-electron chi connectivity index (χ3n) is 8.33. The predicted octanol–water partition coefficient (Wildman–Crippen LogP) is 3.47. The number of rotatable bonds is 11. The first-order chi connectivity index (χ1) is 24.5. The van der Waals surface area contributed by atoms with Gasteiger partial charge in [0.25, 0.3) is 0 Å². The molecule has 0 aliphatic heterocycles. The molecular formula is C42H38AgClO6P2. The molecule has 0 amide bonds. The van der Waals surface area contributed by atoms with Crippen molar-refractivity contribution in [2.75, 3.05) is 0 Å². The maximum atomic E-state index is 12.5. The molecule has 6 aromatic rings. The third kappa shape index (κ3) is 8.66. The molecule has 0 radical (unpaired) electrons. The zero-order valence-corrected chi connectivity index (χ0v) is 32.5. The fourth-order valence-corrected chi connectivity index (χ4v) is 17.1. The summed E-state index contributed by atoms with van der Waals surface area (Å²) < 4.78 is 41.7. The average Bonchev–Trinajstić information content (AvgIpc) is 3.15. The number of carbonyl (C=O) groups is 2. The Hall–Kier alpha value is -3.87. The van der Waals surface area contributed by atoms with E-state index in [0.717, 1.165) is 0 Å². The van der Waals surface area contributed by atoms with E-state index in [-0.39, 0.29) is 28.2 Å². The van der Waals surface area contributed by atoms with E-state index in [1.165, 1.54) is 29.0 Å². The molecule has 270 valence electrons. The van der Waals surface area contributed by atoms with Crippen LogP contribution in [0.4, 0.5) is 0 Å². The molecule has 0 bridgehead atoms. The van der Waals surface area contributed by atoms with E-state index in [4.69, 9.17) is 4.08 Å². The molecule has 0 aromatic heterocycles. The molecule has 52 heavy (non-hydrogen) atoms. The summed E-state index contributed by atoms with van der Waals surface area (Å²) in [4.78, 5) is 24.6. The molecule has 0 unspecified atom stereocenters. The first-order valence-corrected chi connectivity index (χ1v) is 21.4. The van der Waals surface area contributed by atoms with E-state index < -0.39 is 29.7 Å². The van der Waals surface area contributed by atoms with Crippen LogP contribution in [0.5, 0.6) is 0 Å². The van der Waals surface area contributed by atoms with E-state index in [9.17, 15) is 23.6 Å². The number of Topliss-reactive ketones (excluding diaryl/α,β-unsaturated/α-hetero) is 2. The van der Waals surface area contributed by atoms with Crippen molar-refractivity contribution in [3.63, 3.8) is 0 Å². The molecule has 0 aliphatic carbocycles. The van der Waals surface area contributed by atoms with Gasteiger partial charge in [-0.2, -0.15) is 0 Å². The van der Waals surface area contributed by atoms with E-state index in [2.05, 4.69) is 36.4 Å². The zero-order valence-electron chi connectivity index (χ0n) is 28.5. The van der Waals surface area contributed by atoms with Crippen molar-refractivity contribution in [3.05, 3.63) is 188 Å². The van der Waals surface area contributed by atoms with Crippen LogP contribution in [0.2, 0.25) is 0 Å². The maximum absolute atomic E-state index is 12.5. The number of benzene rings is 6. The SMILES string of the molecule is CC(=O)C=P(c1ccccc1)(c1ccccc1)c1ccccc1.CC(=O)[CH-]P(O[Cl+3]([O-])([O-])[O-])(c1ccccc1)(c1ccccc1)c1ccccc1.[Ag+]. The summed E-state index contributed by atoms with van der Waals surface area (Å²) >= 11 is 0. The number of hydrogen-bond acceptors (Lipinski definition) is 6. The summed E-state index contributed by atoms with van der Waals surface area (Å²) in [7, 11) is -4.88. The van der Waals surface area contributed by atoms with E-state index in [0.29, 0.717) is 15.9 Å². The molecule has 6 rings (SSSR count). The number of hydrogen-bond donors (Lipinski definition) is 0. The van der Waals surface area contributed by atoms with Crippen molar-refractivity contribution in [3.8, 4) is 0 Å². The van der Waals surface area contributed by atoms with Gasteiger partial charge in [0, 0.05) is 0 Å². The molecule has 0 atom stereocenters. The van der Waals surface area contributed by atoms with Crippen LogP contribution in [0.25, 0.3) is 0 Å². The Balaban J connectivity index is 0.000000232. The van der Waals surface area contributed by atoms with Crippen LogP contribution in [0.15, 0.2) is 182 Å². The van der Waals surface area contributed by atoms with Crippen LogP contribution in [0, 0.1) is 16.4 Å². The van der Waals surface area contributed by atoms with E-state index >= 15 is 0 Å². The smallest absolute Gasteiger partial charge is 1.00 e. The minimum atomic E-state index is -4.88. The van der Waals surface area contributed by atoms with Crippen molar-refractivity contribution in [2.45, 2.75) is 13.8 Å². The fraction of sp³-hybridized carbons (Fsp3) is 0.0476. The van der Waals surface area contributed by atoms with Crippen LogP contribution in [0.1, 0.15) is 13.8 Å². The van der Waals surface area contributed by atoms with Crippen LogP contribution >= 0.6 is 13.7 Å². The first kappa shape index (κ1) is 40.9. The molecule has 0 fully saturated rings. The van der Waals surface area contributed by atoms with Crippen molar-refractivity contribution >= 4 is 62.9 Å². The Morgan fingerprint density at radius 3 is 1.04 bits per heavy atom. The van der Waals surface area contributed by atoms with Gasteiger partial charge in [0.05, 0.1) is 0 Å². The second-order valence-electron chi connectivity index (χ2n) is 11.8. The fourth-order valence-electron chi connectivity index (χ4n) is 6.44. The van der Waals surface area contributed by atoms with Crippen LogP contribution < -0.4 is 45.8 Å². The van der Waals surface area contributed by atoms with Crippen LogP contribution in [-0.4, -0.2) is 17.4 Å². The molecular weight excluding hydrogens is 806 g/mol. The van der Waals surface area contributed by atoms with Gasteiger partial charge < -0.3 is 0 Å². The second-order valence-corrected chi connectivity index (χ2v) is 20.3. The Kier molecular flexibility index (Phi) is 14.0. The standard InChI is InChI=1S/C21H19ClO5P.C21H19OP.Ag/c1-18(23)17-28(27-22(24,25)26,19-11-5-2-6-12-19,20-13-7-3-8-14-20)21-15-9-4-10-16-21;1-18(22)17-23(19-11-5-2-6-12-19,20-13-7-3-8-14-20)21-15-9-4-10-16-21;/h2-17H,1H3;2-17H,1H3;/q-1;;+1. The second kappa shape index (κ2) is 17.8.